The SMILES string of the molecule is O=C(O)C(NC1CCCCC1)C1CCCCC1. The number of carboxylic acid groups (broad SMARTS) is 1. The van der Waals surface area contributed by atoms with Crippen LogP contribution in [0.15, 0.2) is 0 Å². The Morgan fingerprint density at radius 3 is 2.00 bits per heavy atom. The van der Waals surface area contributed by atoms with Gasteiger partial charge in [0.25, 0.3) is 0 Å². The van der Waals surface area contributed by atoms with Crippen LogP contribution < -0.4 is 5.32 Å². The summed E-state index contributed by atoms with van der Waals surface area (Å²) in [4.78, 5) is 11.4. The average molecular weight is 239 g/mol. The van der Waals surface area contributed by atoms with E-state index in [2.05, 4.69) is 5.32 Å². The average Bonchev–Trinajstić information content (AvgIpc) is 2.38. The van der Waals surface area contributed by atoms with Crippen LogP contribution in [0.5, 0.6) is 0 Å². The van der Waals surface area contributed by atoms with E-state index in [0.717, 1.165) is 25.7 Å². The van der Waals surface area contributed by atoms with E-state index >= 15 is 0 Å². The molecular formula is C14H25NO2. The third kappa shape index (κ3) is 3.70. The third-order valence-corrected chi connectivity index (χ3v) is 4.41. The van der Waals surface area contributed by atoms with Crippen LogP contribution in [0.4, 0.5) is 0 Å². The molecule has 17 heavy (non-hydrogen) atoms. The number of carboxylic acids is 1. The number of rotatable bonds is 4. The molecule has 2 saturated carbocycles. The molecule has 1 unspecified atom stereocenters. The van der Waals surface area contributed by atoms with Crippen molar-refractivity contribution in [2.24, 2.45) is 5.92 Å². The van der Waals surface area contributed by atoms with Crippen LogP contribution in [-0.2, 0) is 4.79 Å². The highest BCUT2D eigenvalue weighted by Gasteiger charge is 2.31. The highest BCUT2D eigenvalue weighted by atomic mass is 16.4. The molecule has 3 nitrogen and oxygen atoms in total. The molecule has 2 N–H and O–H groups in total. The van der Waals surface area contributed by atoms with Gasteiger partial charge in [0.05, 0.1) is 0 Å². The number of carbonyl (C=O) groups is 1. The zero-order valence-corrected chi connectivity index (χ0v) is 10.7. The Hall–Kier alpha value is -0.570. The first-order chi connectivity index (χ1) is 8.27. The van der Waals surface area contributed by atoms with E-state index in [0.29, 0.717) is 12.0 Å². The summed E-state index contributed by atoms with van der Waals surface area (Å²) in [5.41, 5.74) is 0. The number of hydrogen-bond acceptors (Lipinski definition) is 2. The minimum Gasteiger partial charge on any atom is -0.480 e. The fraction of sp³-hybridized carbons (Fsp3) is 0.929. The summed E-state index contributed by atoms with van der Waals surface area (Å²) in [7, 11) is 0. The van der Waals surface area contributed by atoms with E-state index in [-0.39, 0.29) is 6.04 Å². The van der Waals surface area contributed by atoms with Crippen LogP contribution in [-0.4, -0.2) is 23.2 Å². The summed E-state index contributed by atoms with van der Waals surface area (Å²) in [6.45, 7) is 0. The zero-order valence-electron chi connectivity index (χ0n) is 10.7. The lowest BCUT2D eigenvalue weighted by Gasteiger charge is -2.32. The predicted octanol–water partition coefficient (Wildman–Crippen LogP) is 2.94. The van der Waals surface area contributed by atoms with Gasteiger partial charge in [-0.05, 0) is 31.6 Å². The van der Waals surface area contributed by atoms with Crippen LogP contribution in [0.1, 0.15) is 64.2 Å². The Balaban J connectivity index is 1.88. The maximum atomic E-state index is 11.4. The largest absolute Gasteiger partial charge is 0.480 e. The number of nitrogens with one attached hydrogen (secondary N) is 1. The molecule has 0 aliphatic heterocycles. The highest BCUT2D eigenvalue weighted by Crippen LogP contribution is 2.28. The van der Waals surface area contributed by atoms with Gasteiger partial charge in [0, 0.05) is 6.04 Å². The Morgan fingerprint density at radius 1 is 0.941 bits per heavy atom. The molecule has 2 aliphatic rings. The third-order valence-electron chi connectivity index (χ3n) is 4.41. The molecule has 0 spiro atoms. The molecule has 3 heteroatoms. The molecule has 0 bridgehead atoms. The molecular weight excluding hydrogens is 214 g/mol. The Morgan fingerprint density at radius 2 is 1.47 bits per heavy atom. The standard InChI is InChI=1S/C14H25NO2/c16-14(17)13(11-7-3-1-4-8-11)15-12-9-5-2-6-10-12/h11-13,15H,1-10H2,(H,16,17). The van der Waals surface area contributed by atoms with Crippen molar-refractivity contribution < 1.29 is 9.90 Å². The summed E-state index contributed by atoms with van der Waals surface area (Å²) >= 11 is 0. The Labute approximate surface area is 104 Å². The van der Waals surface area contributed by atoms with Gasteiger partial charge in [0.1, 0.15) is 6.04 Å². The van der Waals surface area contributed by atoms with Gasteiger partial charge in [-0.25, -0.2) is 0 Å². The van der Waals surface area contributed by atoms with Gasteiger partial charge in [-0.1, -0.05) is 38.5 Å². The van der Waals surface area contributed by atoms with Crippen molar-refractivity contribution in [1.82, 2.24) is 5.32 Å². The van der Waals surface area contributed by atoms with Crippen LogP contribution in [0.3, 0.4) is 0 Å². The van der Waals surface area contributed by atoms with E-state index in [1.807, 2.05) is 0 Å². The smallest absolute Gasteiger partial charge is 0.320 e. The molecule has 0 aromatic carbocycles. The van der Waals surface area contributed by atoms with Gasteiger partial charge < -0.3 is 10.4 Å². The van der Waals surface area contributed by atoms with Crippen LogP contribution in [0.2, 0.25) is 0 Å². The Bertz CT molecular complexity index is 243. The molecule has 2 fully saturated rings. The van der Waals surface area contributed by atoms with Crippen molar-refractivity contribution in [3.05, 3.63) is 0 Å². The lowest BCUT2D eigenvalue weighted by atomic mass is 9.83. The van der Waals surface area contributed by atoms with E-state index < -0.39 is 5.97 Å². The molecule has 0 aromatic rings. The first-order valence-corrected chi connectivity index (χ1v) is 7.26. The van der Waals surface area contributed by atoms with Gasteiger partial charge >= 0.3 is 5.97 Å². The predicted molar refractivity (Wildman–Crippen MR) is 68.0 cm³/mol. The lowest BCUT2D eigenvalue weighted by Crippen LogP contribution is -2.48. The van der Waals surface area contributed by atoms with Crippen molar-refractivity contribution >= 4 is 5.97 Å². The molecule has 0 heterocycles. The van der Waals surface area contributed by atoms with Crippen molar-refractivity contribution in [2.75, 3.05) is 0 Å². The Kier molecular flexibility index (Phi) is 4.84. The second-order valence-electron chi connectivity index (χ2n) is 5.72. The van der Waals surface area contributed by atoms with Crippen molar-refractivity contribution in [3.8, 4) is 0 Å². The van der Waals surface area contributed by atoms with E-state index in [1.165, 1.54) is 38.5 Å². The molecule has 0 amide bonds. The van der Waals surface area contributed by atoms with E-state index in [1.54, 1.807) is 0 Å². The van der Waals surface area contributed by atoms with E-state index in [9.17, 15) is 9.90 Å². The summed E-state index contributed by atoms with van der Waals surface area (Å²) in [6.07, 6.45) is 12.1. The molecule has 2 aliphatic carbocycles. The topological polar surface area (TPSA) is 49.3 Å². The first kappa shape index (κ1) is 12.9. The van der Waals surface area contributed by atoms with Crippen molar-refractivity contribution in [2.45, 2.75) is 76.3 Å². The zero-order chi connectivity index (χ0) is 12.1. The second kappa shape index (κ2) is 6.39. The maximum Gasteiger partial charge on any atom is 0.320 e. The summed E-state index contributed by atoms with van der Waals surface area (Å²) in [5.74, 6) is -0.273. The van der Waals surface area contributed by atoms with Crippen LogP contribution in [0.25, 0.3) is 0 Å². The van der Waals surface area contributed by atoms with Gasteiger partial charge in [-0.2, -0.15) is 0 Å². The number of hydrogen-bond donors (Lipinski definition) is 2. The van der Waals surface area contributed by atoms with Gasteiger partial charge in [-0.3, -0.25) is 4.79 Å². The summed E-state index contributed by atoms with van der Waals surface area (Å²) in [5, 5.41) is 12.8. The minimum absolute atomic E-state index is 0.293. The fourth-order valence-corrected chi connectivity index (χ4v) is 3.40. The summed E-state index contributed by atoms with van der Waals surface area (Å²) < 4.78 is 0. The molecule has 0 aromatic heterocycles. The molecule has 1 atom stereocenters. The molecule has 98 valence electrons. The van der Waals surface area contributed by atoms with E-state index in [4.69, 9.17) is 0 Å². The first-order valence-electron chi connectivity index (χ1n) is 7.26. The van der Waals surface area contributed by atoms with Crippen molar-refractivity contribution in [1.29, 1.82) is 0 Å². The van der Waals surface area contributed by atoms with Crippen LogP contribution in [0, 0.1) is 5.92 Å². The number of aliphatic carboxylic acids is 1. The van der Waals surface area contributed by atoms with Gasteiger partial charge in [0.15, 0.2) is 0 Å². The van der Waals surface area contributed by atoms with Crippen molar-refractivity contribution in [3.63, 3.8) is 0 Å². The molecule has 0 radical (unpaired) electrons. The normalized spacial score (nSPS) is 25.6. The van der Waals surface area contributed by atoms with Crippen LogP contribution >= 0.6 is 0 Å². The minimum atomic E-state index is -0.637. The van der Waals surface area contributed by atoms with Gasteiger partial charge in [-0.15, -0.1) is 0 Å². The molecule has 0 saturated heterocycles. The highest BCUT2D eigenvalue weighted by molar-refractivity contribution is 5.74. The van der Waals surface area contributed by atoms with Gasteiger partial charge in [0.2, 0.25) is 0 Å². The molecule has 2 rings (SSSR count). The quantitative estimate of drug-likeness (QED) is 0.793. The monoisotopic (exact) mass is 239 g/mol. The second-order valence-corrected chi connectivity index (χ2v) is 5.72. The fourth-order valence-electron chi connectivity index (χ4n) is 3.40. The maximum absolute atomic E-state index is 11.4. The summed E-state index contributed by atoms with van der Waals surface area (Å²) in [6, 6.07) is 0.158. The lowest BCUT2D eigenvalue weighted by molar-refractivity contribution is -0.141.